The van der Waals surface area contributed by atoms with Crippen molar-refractivity contribution in [3.8, 4) is 0 Å². The maximum atomic E-state index is 12.1. The van der Waals surface area contributed by atoms with Gasteiger partial charge in [-0.2, -0.15) is 0 Å². The number of carbonyl (C=O) groups excluding carboxylic acids is 1. The lowest BCUT2D eigenvalue weighted by Gasteiger charge is -2.06. The second-order valence-corrected chi connectivity index (χ2v) is 6.99. The fraction of sp³-hybridized carbons (Fsp3) is 0.294. The number of thioether (sulfide) groups is 1. The van der Waals surface area contributed by atoms with Crippen LogP contribution in [-0.2, 0) is 17.8 Å². The second-order valence-electron chi connectivity index (χ2n) is 5.76. The van der Waals surface area contributed by atoms with Crippen LogP contribution >= 0.6 is 23.4 Å². The molecule has 3 heterocycles. The Hall–Kier alpha value is -2.32. The lowest BCUT2D eigenvalue weighted by Crippen LogP contribution is -2.25. The summed E-state index contributed by atoms with van der Waals surface area (Å²) in [6, 6.07) is 3.58. The molecule has 2 N–H and O–H groups in total. The Morgan fingerprint density at radius 2 is 2.15 bits per heavy atom. The van der Waals surface area contributed by atoms with Gasteiger partial charge in [-0.15, -0.1) is 0 Å². The van der Waals surface area contributed by atoms with Gasteiger partial charge < -0.3 is 14.7 Å². The van der Waals surface area contributed by atoms with E-state index in [-0.39, 0.29) is 17.9 Å². The van der Waals surface area contributed by atoms with Crippen LogP contribution in [0.1, 0.15) is 23.4 Å². The van der Waals surface area contributed by atoms with E-state index in [1.165, 1.54) is 11.8 Å². The summed E-state index contributed by atoms with van der Waals surface area (Å²) in [7, 11) is 0. The smallest absolute Gasteiger partial charge is 0.254 e. The highest BCUT2D eigenvalue weighted by Crippen LogP contribution is 2.12. The third-order valence-electron chi connectivity index (χ3n) is 3.93. The summed E-state index contributed by atoms with van der Waals surface area (Å²) in [5, 5.41) is 4.02. The van der Waals surface area contributed by atoms with E-state index < -0.39 is 0 Å². The zero-order valence-corrected chi connectivity index (χ0v) is 15.9. The average Bonchev–Trinajstić information content (AvgIpc) is 3.01. The van der Waals surface area contributed by atoms with Gasteiger partial charge in [0, 0.05) is 30.1 Å². The van der Waals surface area contributed by atoms with Gasteiger partial charge in [-0.3, -0.25) is 9.59 Å². The number of aryl methyl sites for hydroxylation is 1. The molecule has 0 aliphatic carbocycles. The summed E-state index contributed by atoms with van der Waals surface area (Å²) < 4.78 is 1.81. The van der Waals surface area contributed by atoms with Crippen molar-refractivity contribution in [3.05, 3.63) is 56.9 Å². The third kappa shape index (κ3) is 4.25. The maximum Gasteiger partial charge on any atom is 0.254 e. The van der Waals surface area contributed by atoms with Crippen molar-refractivity contribution >= 4 is 34.9 Å². The zero-order chi connectivity index (χ0) is 18.7. The number of H-pyrrole nitrogens is 1. The molecule has 136 valence electrons. The molecule has 26 heavy (non-hydrogen) atoms. The number of hydrogen-bond acceptors (Lipinski definition) is 5. The molecule has 0 aliphatic heterocycles. The molecular weight excluding hydrogens is 374 g/mol. The number of fused-ring (bicyclic) bond motifs is 1. The van der Waals surface area contributed by atoms with Crippen LogP contribution in [0, 0.1) is 6.92 Å². The number of amides is 1. The first kappa shape index (κ1) is 18.5. The molecule has 0 aromatic carbocycles. The number of rotatable bonds is 6. The van der Waals surface area contributed by atoms with E-state index in [9.17, 15) is 9.59 Å². The van der Waals surface area contributed by atoms with Crippen LogP contribution < -0.4 is 10.9 Å². The Kier molecular flexibility index (Phi) is 5.63. The maximum absolute atomic E-state index is 12.1. The predicted molar refractivity (Wildman–Crippen MR) is 102 cm³/mol. The van der Waals surface area contributed by atoms with E-state index in [0.29, 0.717) is 34.4 Å². The number of imidazole rings is 1. The number of nitrogens with one attached hydrogen (secondary N) is 2. The number of pyridine rings is 1. The Labute approximate surface area is 159 Å². The molecule has 0 spiro atoms. The van der Waals surface area contributed by atoms with E-state index in [1.807, 2.05) is 22.9 Å². The summed E-state index contributed by atoms with van der Waals surface area (Å²) in [6.07, 6.45) is 5.98. The molecule has 0 aliphatic rings. The van der Waals surface area contributed by atoms with Crippen molar-refractivity contribution in [2.75, 3.05) is 6.26 Å². The van der Waals surface area contributed by atoms with Gasteiger partial charge in [0.25, 0.3) is 5.56 Å². The Morgan fingerprint density at radius 1 is 1.35 bits per heavy atom. The average molecular weight is 392 g/mol. The van der Waals surface area contributed by atoms with Crippen molar-refractivity contribution in [1.82, 2.24) is 24.7 Å². The van der Waals surface area contributed by atoms with Gasteiger partial charge in [0.15, 0.2) is 5.16 Å². The molecule has 0 atom stereocenters. The van der Waals surface area contributed by atoms with Crippen LogP contribution in [0.4, 0.5) is 0 Å². The topological polar surface area (TPSA) is 92.2 Å². The normalized spacial score (nSPS) is 11.0. The van der Waals surface area contributed by atoms with Crippen molar-refractivity contribution in [1.29, 1.82) is 0 Å². The molecule has 0 fully saturated rings. The number of halogens is 1. The molecule has 1 amide bonds. The quantitative estimate of drug-likeness (QED) is 0.497. The summed E-state index contributed by atoms with van der Waals surface area (Å²) in [5.41, 5.74) is 2.51. The van der Waals surface area contributed by atoms with Crippen LogP contribution in [0.5, 0.6) is 0 Å². The van der Waals surface area contributed by atoms with Crippen molar-refractivity contribution < 1.29 is 4.79 Å². The monoisotopic (exact) mass is 391 g/mol. The van der Waals surface area contributed by atoms with Crippen molar-refractivity contribution in [2.45, 2.75) is 31.5 Å². The molecule has 3 rings (SSSR count). The number of hydrogen-bond donors (Lipinski definition) is 2. The Bertz CT molecular complexity index is 1010. The summed E-state index contributed by atoms with van der Waals surface area (Å²) in [5.74, 6) is -0.146. The van der Waals surface area contributed by atoms with Gasteiger partial charge in [0.2, 0.25) is 5.91 Å². The molecule has 0 saturated carbocycles. The van der Waals surface area contributed by atoms with Crippen LogP contribution in [-0.4, -0.2) is 31.5 Å². The zero-order valence-electron chi connectivity index (χ0n) is 14.4. The van der Waals surface area contributed by atoms with E-state index in [4.69, 9.17) is 11.6 Å². The number of aromatic amines is 1. The van der Waals surface area contributed by atoms with Crippen LogP contribution in [0.3, 0.4) is 0 Å². The van der Waals surface area contributed by atoms with Gasteiger partial charge in [0.05, 0.1) is 17.3 Å². The van der Waals surface area contributed by atoms with Crippen molar-refractivity contribution in [3.63, 3.8) is 0 Å². The van der Waals surface area contributed by atoms with Gasteiger partial charge in [-0.25, -0.2) is 9.97 Å². The molecule has 3 aromatic rings. The second kappa shape index (κ2) is 7.92. The molecule has 9 heteroatoms. The van der Waals surface area contributed by atoms with Crippen LogP contribution in [0.15, 0.2) is 34.5 Å². The molecule has 0 unspecified atom stereocenters. The van der Waals surface area contributed by atoms with E-state index in [0.717, 1.165) is 11.3 Å². The van der Waals surface area contributed by atoms with E-state index in [2.05, 4.69) is 20.3 Å². The minimum absolute atomic E-state index is 0.146. The Morgan fingerprint density at radius 3 is 2.88 bits per heavy atom. The minimum Gasteiger partial charge on any atom is -0.350 e. The molecule has 7 nitrogen and oxygen atoms in total. The number of nitrogens with zero attached hydrogens (tertiary/aromatic N) is 3. The molecular formula is C17H18ClN5O2S. The fourth-order valence-corrected chi connectivity index (χ4v) is 3.19. The van der Waals surface area contributed by atoms with Gasteiger partial charge >= 0.3 is 0 Å². The lowest BCUT2D eigenvalue weighted by molar-refractivity contribution is -0.121. The van der Waals surface area contributed by atoms with E-state index >= 15 is 0 Å². The van der Waals surface area contributed by atoms with Crippen LogP contribution in [0.2, 0.25) is 5.02 Å². The standard InChI is InChI=1S/C17H18ClN5O2S/c1-10-13(16(25)22-17(20-10)26-2)4-6-15(24)19-7-12-9-23-8-11(18)3-5-14(23)21-12/h3,5,8-9H,4,6-7H2,1-2H3,(H,19,24)(H,20,22,25). The first-order valence-corrected chi connectivity index (χ1v) is 9.60. The fourth-order valence-electron chi connectivity index (χ4n) is 2.59. The highest BCUT2D eigenvalue weighted by molar-refractivity contribution is 7.98. The van der Waals surface area contributed by atoms with Gasteiger partial charge in [-0.1, -0.05) is 23.4 Å². The SMILES string of the molecule is CSc1nc(C)c(CCC(=O)NCc2cn3cc(Cl)ccc3n2)c(=O)[nH]1. The minimum atomic E-state index is -0.188. The summed E-state index contributed by atoms with van der Waals surface area (Å²) in [4.78, 5) is 35.6. The lowest BCUT2D eigenvalue weighted by atomic mass is 10.1. The largest absolute Gasteiger partial charge is 0.350 e. The number of carbonyl (C=O) groups is 1. The molecule has 3 aromatic heterocycles. The van der Waals surface area contributed by atoms with E-state index in [1.54, 1.807) is 19.2 Å². The summed E-state index contributed by atoms with van der Waals surface area (Å²) in [6.45, 7) is 2.10. The predicted octanol–water partition coefficient (Wildman–Crippen LogP) is 2.35. The highest BCUT2D eigenvalue weighted by atomic mass is 35.5. The van der Waals surface area contributed by atoms with Crippen molar-refractivity contribution in [2.24, 2.45) is 0 Å². The molecule has 0 bridgehead atoms. The number of aromatic nitrogens is 4. The first-order valence-electron chi connectivity index (χ1n) is 8.00. The highest BCUT2D eigenvalue weighted by Gasteiger charge is 2.11. The molecule has 0 radical (unpaired) electrons. The third-order valence-corrected chi connectivity index (χ3v) is 4.73. The summed E-state index contributed by atoms with van der Waals surface area (Å²) >= 11 is 7.32. The Balaban J connectivity index is 1.58. The first-order chi connectivity index (χ1) is 12.5. The van der Waals surface area contributed by atoms with Gasteiger partial charge in [0.1, 0.15) is 5.65 Å². The van der Waals surface area contributed by atoms with Crippen LogP contribution in [0.25, 0.3) is 5.65 Å². The van der Waals surface area contributed by atoms with Gasteiger partial charge in [-0.05, 0) is 31.7 Å². The molecule has 0 saturated heterocycles.